The van der Waals surface area contributed by atoms with Crippen LogP contribution in [-0.2, 0) is 9.59 Å². The molecule has 0 saturated carbocycles. The lowest BCUT2D eigenvalue weighted by molar-refractivity contribution is -0.121. The number of carbonyl (C=O) groups is 2. The topological polar surface area (TPSA) is 64.7 Å². The van der Waals surface area contributed by atoms with Gasteiger partial charge in [0.05, 0.1) is 0 Å². The summed E-state index contributed by atoms with van der Waals surface area (Å²) in [7, 11) is 0. The van der Waals surface area contributed by atoms with E-state index in [9.17, 15) is 9.59 Å². The maximum Gasteiger partial charge on any atom is 0.217 e. The first-order chi connectivity index (χ1) is 12.0. The monoisotopic (exact) mass is 368 g/mol. The molecule has 2 saturated heterocycles. The van der Waals surface area contributed by atoms with Crippen LogP contribution in [0.15, 0.2) is 0 Å². The van der Waals surface area contributed by atoms with Crippen LogP contribution < -0.4 is 10.6 Å². The smallest absolute Gasteiger partial charge is 0.217 e. The van der Waals surface area contributed by atoms with E-state index in [1.165, 1.54) is 0 Å². The molecule has 2 fully saturated rings. The quantitative estimate of drug-likeness (QED) is 0.749. The lowest BCUT2D eigenvalue weighted by atomic mass is 9.91. The Labute approximate surface area is 160 Å². The van der Waals surface area contributed by atoms with Crippen molar-refractivity contribution in [3.8, 4) is 0 Å². The normalized spacial score (nSPS) is 21.3. The van der Waals surface area contributed by atoms with E-state index >= 15 is 0 Å². The molecule has 6 nitrogen and oxygen atoms in total. The largest absolute Gasteiger partial charge is 0.354 e. The molecule has 0 spiro atoms. The summed E-state index contributed by atoms with van der Waals surface area (Å²) < 4.78 is 0. The van der Waals surface area contributed by atoms with Crippen LogP contribution in [0.4, 0.5) is 0 Å². The van der Waals surface area contributed by atoms with E-state index in [1.54, 1.807) is 13.8 Å². The Morgan fingerprint density at radius 1 is 0.692 bits per heavy atom. The lowest BCUT2D eigenvalue weighted by Crippen LogP contribution is -2.57. The highest BCUT2D eigenvalue weighted by molar-refractivity contribution is 5.73. The second-order valence-corrected chi connectivity index (χ2v) is 8.59. The number of carbonyl (C=O) groups excluding carboxylic acids is 2. The zero-order chi connectivity index (χ0) is 20.0. The highest BCUT2D eigenvalue weighted by atomic mass is 16.2. The average molecular weight is 369 g/mol. The number of amides is 2. The molecule has 2 atom stereocenters. The summed E-state index contributed by atoms with van der Waals surface area (Å²) in [5.74, 6) is 1.45. The number of likely N-dealkylation sites (tertiary alicyclic amines) is 2. The average Bonchev–Trinajstić information content (AvgIpc) is 2.32. The molecule has 2 aliphatic heterocycles. The van der Waals surface area contributed by atoms with Gasteiger partial charge in [-0.05, 0) is 41.5 Å². The van der Waals surface area contributed by atoms with Gasteiger partial charge in [0.25, 0.3) is 0 Å². The fraction of sp³-hybridized carbons (Fsp3) is 0.900. The van der Waals surface area contributed by atoms with Crippen molar-refractivity contribution in [2.24, 2.45) is 11.8 Å². The van der Waals surface area contributed by atoms with Crippen molar-refractivity contribution in [2.45, 2.75) is 79.6 Å². The molecule has 2 unspecified atom stereocenters. The zero-order valence-electron chi connectivity index (χ0n) is 18.0. The molecule has 2 aliphatic rings. The van der Waals surface area contributed by atoms with Gasteiger partial charge in [-0.3, -0.25) is 9.59 Å². The molecular weight excluding hydrogens is 328 g/mol. The van der Waals surface area contributed by atoms with Gasteiger partial charge in [0.2, 0.25) is 11.8 Å². The van der Waals surface area contributed by atoms with Crippen LogP contribution in [-0.4, -0.2) is 72.0 Å². The van der Waals surface area contributed by atoms with Gasteiger partial charge in [-0.25, -0.2) is 0 Å². The Hall–Kier alpha value is -1.14. The van der Waals surface area contributed by atoms with Crippen molar-refractivity contribution < 1.29 is 9.59 Å². The summed E-state index contributed by atoms with van der Waals surface area (Å²) in [4.78, 5) is 26.4. The molecule has 0 aromatic rings. The minimum atomic E-state index is 0.0792. The van der Waals surface area contributed by atoms with E-state index in [0.717, 1.165) is 26.2 Å². The summed E-state index contributed by atoms with van der Waals surface area (Å²) in [6.07, 6.45) is 0. The first-order valence-electron chi connectivity index (χ1n) is 10.0. The summed E-state index contributed by atoms with van der Waals surface area (Å²) in [6, 6.07) is 1.93. The molecule has 6 heteroatoms. The Morgan fingerprint density at radius 3 is 1.15 bits per heavy atom. The van der Waals surface area contributed by atoms with Crippen molar-refractivity contribution in [3.05, 3.63) is 0 Å². The van der Waals surface area contributed by atoms with Gasteiger partial charge in [-0.1, -0.05) is 0 Å². The van der Waals surface area contributed by atoms with Gasteiger partial charge < -0.3 is 20.4 Å². The van der Waals surface area contributed by atoms with E-state index in [4.69, 9.17) is 0 Å². The Bertz CT molecular complexity index is 413. The van der Waals surface area contributed by atoms with Crippen molar-refractivity contribution in [3.63, 3.8) is 0 Å². The van der Waals surface area contributed by atoms with Crippen LogP contribution in [0.2, 0.25) is 0 Å². The Balaban J connectivity index is 0.000000260. The first kappa shape index (κ1) is 22.9. The molecule has 2 N–H and O–H groups in total. The fourth-order valence-corrected chi connectivity index (χ4v) is 3.45. The highest BCUT2D eigenvalue weighted by Crippen LogP contribution is 2.22. The highest BCUT2D eigenvalue weighted by Gasteiger charge is 2.33. The number of rotatable bonds is 6. The van der Waals surface area contributed by atoms with E-state index in [2.05, 4.69) is 62.0 Å². The molecule has 0 aromatic heterocycles. The van der Waals surface area contributed by atoms with E-state index in [-0.39, 0.29) is 11.8 Å². The van der Waals surface area contributed by atoms with Crippen LogP contribution in [0.1, 0.15) is 55.4 Å². The molecule has 2 rings (SSSR count). The van der Waals surface area contributed by atoms with Crippen LogP contribution in [0.25, 0.3) is 0 Å². The van der Waals surface area contributed by atoms with Crippen molar-refractivity contribution in [1.29, 1.82) is 0 Å². The molecule has 0 radical (unpaired) electrons. The second-order valence-electron chi connectivity index (χ2n) is 8.59. The molecule has 26 heavy (non-hydrogen) atoms. The molecule has 2 amide bonds. The second kappa shape index (κ2) is 10.3. The summed E-state index contributed by atoms with van der Waals surface area (Å²) in [5.41, 5.74) is 0. The zero-order valence-corrected chi connectivity index (χ0v) is 18.0. The SMILES string of the molecule is CC(=O)NC(C)C1CN(C(C)C)C1.CC(=O)NC(C)C1CN(C(C)C)C1. The van der Waals surface area contributed by atoms with Crippen molar-refractivity contribution in [2.75, 3.05) is 26.2 Å². The molecule has 0 aliphatic carbocycles. The molecule has 152 valence electrons. The Kier molecular flexibility index (Phi) is 9.04. The van der Waals surface area contributed by atoms with Crippen LogP contribution in [0.5, 0.6) is 0 Å². The minimum absolute atomic E-state index is 0.0792. The summed E-state index contributed by atoms with van der Waals surface area (Å²) in [5, 5.41) is 5.88. The number of hydrogen-bond donors (Lipinski definition) is 2. The number of hydrogen-bond acceptors (Lipinski definition) is 4. The number of nitrogens with one attached hydrogen (secondary N) is 2. The maximum absolute atomic E-state index is 10.8. The van der Waals surface area contributed by atoms with Gasteiger partial charge in [0.15, 0.2) is 0 Å². The maximum atomic E-state index is 10.8. The third-order valence-corrected chi connectivity index (χ3v) is 5.61. The standard InChI is InChI=1S/2C10H20N2O/c2*1-7(2)12-5-10(6-12)8(3)11-9(4)13/h2*7-8,10H,5-6H2,1-4H3,(H,11,13). The minimum Gasteiger partial charge on any atom is -0.354 e. The molecular formula is C20H40N4O2. The van der Waals surface area contributed by atoms with Crippen molar-refractivity contribution >= 4 is 11.8 Å². The molecule has 2 heterocycles. The number of nitrogens with zero attached hydrogens (tertiary/aromatic N) is 2. The Morgan fingerprint density at radius 2 is 0.962 bits per heavy atom. The summed E-state index contributed by atoms with van der Waals surface area (Å²) in [6.45, 7) is 20.7. The lowest BCUT2D eigenvalue weighted by Gasteiger charge is -2.44. The third-order valence-electron chi connectivity index (χ3n) is 5.61. The van der Waals surface area contributed by atoms with Crippen molar-refractivity contribution in [1.82, 2.24) is 20.4 Å². The molecule has 0 aromatic carbocycles. The first-order valence-corrected chi connectivity index (χ1v) is 10.0. The van der Waals surface area contributed by atoms with Gasteiger partial charge >= 0.3 is 0 Å². The van der Waals surface area contributed by atoms with Gasteiger partial charge in [0.1, 0.15) is 0 Å². The van der Waals surface area contributed by atoms with Crippen LogP contribution in [0, 0.1) is 11.8 Å². The van der Waals surface area contributed by atoms with E-state index in [0.29, 0.717) is 36.0 Å². The van der Waals surface area contributed by atoms with Gasteiger partial charge in [-0.15, -0.1) is 0 Å². The van der Waals surface area contributed by atoms with E-state index < -0.39 is 0 Å². The van der Waals surface area contributed by atoms with Crippen LogP contribution in [0.3, 0.4) is 0 Å². The fourth-order valence-electron chi connectivity index (χ4n) is 3.45. The third kappa shape index (κ3) is 7.23. The predicted molar refractivity (Wildman–Crippen MR) is 107 cm³/mol. The van der Waals surface area contributed by atoms with Gasteiger partial charge in [0, 0.05) is 76.0 Å². The van der Waals surface area contributed by atoms with Gasteiger partial charge in [-0.2, -0.15) is 0 Å². The summed E-state index contributed by atoms with van der Waals surface area (Å²) >= 11 is 0. The van der Waals surface area contributed by atoms with E-state index in [1.807, 2.05) is 0 Å². The predicted octanol–water partition coefficient (Wildman–Crippen LogP) is 1.70. The van der Waals surface area contributed by atoms with Crippen LogP contribution >= 0.6 is 0 Å². The molecule has 0 bridgehead atoms.